The minimum atomic E-state index is -0.393. The Morgan fingerprint density at radius 3 is 2.93 bits per heavy atom. The molecule has 1 fully saturated rings. The van der Waals surface area contributed by atoms with E-state index >= 15 is 0 Å². The van der Waals surface area contributed by atoms with Crippen LogP contribution in [0.5, 0.6) is 5.88 Å². The Balaban J connectivity index is 1.61. The fraction of sp³-hybridized carbons (Fsp3) is 0.368. The Labute approximate surface area is 154 Å². The van der Waals surface area contributed by atoms with Crippen molar-refractivity contribution in [2.45, 2.75) is 38.6 Å². The molecule has 0 saturated heterocycles. The van der Waals surface area contributed by atoms with E-state index < -0.39 is 5.82 Å². The van der Waals surface area contributed by atoms with E-state index in [1.54, 1.807) is 19.1 Å². The average Bonchev–Trinajstić information content (AvgIpc) is 3.29. The molecule has 1 amide bonds. The van der Waals surface area contributed by atoms with Gasteiger partial charge >= 0.3 is 0 Å². The van der Waals surface area contributed by atoms with E-state index in [1.165, 1.54) is 12.1 Å². The van der Waals surface area contributed by atoms with Gasteiger partial charge in [-0.3, -0.25) is 4.79 Å². The molecule has 2 heterocycles. The van der Waals surface area contributed by atoms with Gasteiger partial charge in [0, 0.05) is 11.6 Å². The summed E-state index contributed by atoms with van der Waals surface area (Å²) < 4.78 is 24.5. The second kappa shape index (κ2) is 7.30. The van der Waals surface area contributed by atoms with Crippen molar-refractivity contribution >= 4 is 17.0 Å². The number of hydrogen-bond acceptors (Lipinski definition) is 6. The van der Waals surface area contributed by atoms with E-state index in [0.717, 1.165) is 25.7 Å². The minimum Gasteiger partial charge on any atom is -0.467 e. The topological polar surface area (TPSA) is 90.1 Å². The molecule has 1 aliphatic rings. The summed E-state index contributed by atoms with van der Waals surface area (Å²) in [6.07, 6.45) is 4.26. The molecule has 1 aromatic carbocycles. The number of halogens is 1. The third-order valence-electron chi connectivity index (χ3n) is 4.57. The van der Waals surface area contributed by atoms with Gasteiger partial charge in [0.1, 0.15) is 22.7 Å². The maximum absolute atomic E-state index is 13.6. The monoisotopic (exact) mass is 370 g/mol. The third-order valence-corrected chi connectivity index (χ3v) is 4.57. The first kappa shape index (κ1) is 17.4. The Bertz CT molecular complexity index is 982. The number of nitrogens with zero attached hydrogens (tertiary/aromatic N) is 3. The maximum atomic E-state index is 13.6. The number of ether oxygens (including phenoxy) is 1. The first-order valence-corrected chi connectivity index (χ1v) is 8.92. The van der Waals surface area contributed by atoms with E-state index in [2.05, 4.69) is 20.4 Å². The summed E-state index contributed by atoms with van der Waals surface area (Å²) in [5.74, 6) is 0.0281. The number of carbonyl (C=O) groups is 1. The molecule has 27 heavy (non-hydrogen) atoms. The van der Waals surface area contributed by atoms with Crippen LogP contribution < -0.4 is 10.1 Å². The Kier molecular flexibility index (Phi) is 4.70. The molecule has 0 spiro atoms. The van der Waals surface area contributed by atoms with Crippen molar-refractivity contribution in [3.05, 3.63) is 35.9 Å². The van der Waals surface area contributed by atoms with Crippen LogP contribution in [0, 0.1) is 12.7 Å². The highest BCUT2D eigenvalue weighted by Crippen LogP contribution is 2.33. The van der Waals surface area contributed by atoms with Gasteiger partial charge < -0.3 is 14.6 Å². The number of aromatic nitrogens is 3. The molecule has 0 aliphatic heterocycles. The summed E-state index contributed by atoms with van der Waals surface area (Å²) in [5, 5.41) is 7.37. The number of amides is 1. The first-order valence-electron chi connectivity index (χ1n) is 8.92. The van der Waals surface area contributed by atoms with Crippen molar-refractivity contribution in [1.29, 1.82) is 0 Å². The highest BCUT2D eigenvalue weighted by atomic mass is 19.1. The molecular formula is C19H19FN4O3. The Morgan fingerprint density at radius 2 is 2.15 bits per heavy atom. The van der Waals surface area contributed by atoms with Gasteiger partial charge in [0.2, 0.25) is 5.88 Å². The summed E-state index contributed by atoms with van der Waals surface area (Å²) in [4.78, 5) is 20.6. The largest absolute Gasteiger partial charge is 0.467 e. The quantitative estimate of drug-likeness (QED) is 0.742. The predicted octanol–water partition coefficient (Wildman–Crippen LogP) is 3.17. The zero-order valence-corrected chi connectivity index (χ0v) is 14.9. The maximum Gasteiger partial charge on any atom is 0.265 e. The molecule has 4 rings (SSSR count). The van der Waals surface area contributed by atoms with Crippen molar-refractivity contribution < 1.29 is 18.4 Å². The van der Waals surface area contributed by atoms with Gasteiger partial charge in [0.25, 0.3) is 11.6 Å². The van der Waals surface area contributed by atoms with Crippen LogP contribution in [-0.4, -0.2) is 33.7 Å². The summed E-state index contributed by atoms with van der Waals surface area (Å²) in [5.41, 5.74) is 1.12. The molecule has 2 aromatic heterocycles. The zero-order valence-electron chi connectivity index (χ0n) is 14.9. The lowest BCUT2D eigenvalue weighted by molar-refractivity contribution is -0.123. The van der Waals surface area contributed by atoms with Crippen LogP contribution in [-0.2, 0) is 4.79 Å². The highest BCUT2D eigenvalue weighted by Gasteiger charge is 2.21. The molecular weight excluding hydrogens is 351 g/mol. The summed E-state index contributed by atoms with van der Waals surface area (Å²) in [7, 11) is 0. The predicted molar refractivity (Wildman–Crippen MR) is 95.6 cm³/mol. The molecule has 140 valence electrons. The molecule has 3 aromatic rings. The number of benzene rings is 1. The van der Waals surface area contributed by atoms with Crippen molar-refractivity contribution in [1.82, 2.24) is 20.4 Å². The zero-order chi connectivity index (χ0) is 18.8. The van der Waals surface area contributed by atoms with Crippen LogP contribution in [0.2, 0.25) is 0 Å². The molecule has 1 aliphatic carbocycles. The summed E-state index contributed by atoms with van der Waals surface area (Å²) in [6.45, 7) is 1.52. The van der Waals surface area contributed by atoms with Crippen molar-refractivity contribution in [3.8, 4) is 17.1 Å². The molecule has 0 unspecified atom stereocenters. The van der Waals surface area contributed by atoms with Crippen LogP contribution in [0.3, 0.4) is 0 Å². The lowest BCUT2D eigenvalue weighted by atomic mass is 10.1. The third kappa shape index (κ3) is 3.74. The van der Waals surface area contributed by atoms with Gasteiger partial charge in [-0.2, -0.15) is 9.97 Å². The molecule has 1 N–H and O–H groups in total. The number of rotatable bonds is 5. The Hall–Kier alpha value is -3.03. The van der Waals surface area contributed by atoms with Gasteiger partial charge in [-0.25, -0.2) is 4.39 Å². The number of carbonyl (C=O) groups excluding carboxylic acids is 1. The smallest absolute Gasteiger partial charge is 0.265 e. The molecule has 7 nitrogen and oxygen atoms in total. The Morgan fingerprint density at radius 1 is 1.33 bits per heavy atom. The fourth-order valence-electron chi connectivity index (χ4n) is 3.34. The van der Waals surface area contributed by atoms with Crippen LogP contribution >= 0.6 is 0 Å². The first-order chi connectivity index (χ1) is 13.1. The lowest BCUT2D eigenvalue weighted by Gasteiger charge is -2.12. The normalized spacial score (nSPS) is 14.6. The number of hydrogen-bond donors (Lipinski definition) is 1. The van der Waals surface area contributed by atoms with E-state index in [1.807, 2.05) is 0 Å². The van der Waals surface area contributed by atoms with Crippen LogP contribution in [0.25, 0.3) is 22.4 Å². The molecule has 8 heteroatoms. The molecule has 0 bridgehead atoms. The SMILES string of the molecule is Cc1nc(OCC(=O)NC2CCCC2)c2c(-c3cccc(F)c3)noc2n1. The van der Waals surface area contributed by atoms with E-state index in [4.69, 9.17) is 9.26 Å². The van der Waals surface area contributed by atoms with Crippen molar-refractivity contribution in [3.63, 3.8) is 0 Å². The lowest BCUT2D eigenvalue weighted by Crippen LogP contribution is -2.36. The second-order valence-electron chi connectivity index (χ2n) is 6.64. The van der Waals surface area contributed by atoms with Gasteiger partial charge in [-0.15, -0.1) is 0 Å². The highest BCUT2D eigenvalue weighted by molar-refractivity contribution is 5.93. The average molecular weight is 370 g/mol. The summed E-state index contributed by atoms with van der Waals surface area (Å²) in [6, 6.07) is 6.18. The van der Waals surface area contributed by atoms with Gasteiger partial charge in [0.15, 0.2) is 6.61 Å². The molecule has 1 saturated carbocycles. The molecule has 0 atom stereocenters. The van der Waals surface area contributed by atoms with E-state index in [-0.39, 0.29) is 30.1 Å². The van der Waals surface area contributed by atoms with Crippen LogP contribution in [0.1, 0.15) is 31.5 Å². The van der Waals surface area contributed by atoms with E-state index in [9.17, 15) is 9.18 Å². The standard InChI is InChI=1S/C19H19FN4O3/c1-11-21-18(26-10-15(25)23-14-7-2-3-8-14)16-17(24-27-19(16)22-11)12-5-4-6-13(20)9-12/h4-6,9,14H,2-3,7-8,10H2,1H3,(H,23,25). The second-order valence-corrected chi connectivity index (χ2v) is 6.64. The van der Waals surface area contributed by atoms with Crippen LogP contribution in [0.15, 0.2) is 28.8 Å². The van der Waals surface area contributed by atoms with Gasteiger partial charge in [-0.05, 0) is 31.9 Å². The van der Waals surface area contributed by atoms with Crippen LogP contribution in [0.4, 0.5) is 4.39 Å². The fourth-order valence-corrected chi connectivity index (χ4v) is 3.34. The molecule has 0 radical (unpaired) electrons. The van der Waals surface area contributed by atoms with Crippen molar-refractivity contribution in [2.24, 2.45) is 0 Å². The number of fused-ring (bicyclic) bond motifs is 1. The summed E-state index contributed by atoms with van der Waals surface area (Å²) >= 11 is 0. The van der Waals surface area contributed by atoms with Gasteiger partial charge in [-0.1, -0.05) is 30.1 Å². The van der Waals surface area contributed by atoms with Gasteiger partial charge in [0.05, 0.1) is 0 Å². The number of aryl methyl sites for hydroxylation is 1. The minimum absolute atomic E-state index is 0.171. The van der Waals surface area contributed by atoms with Crippen molar-refractivity contribution in [2.75, 3.05) is 6.61 Å². The number of nitrogens with one attached hydrogen (secondary N) is 1. The van der Waals surface area contributed by atoms with E-state index in [0.29, 0.717) is 22.5 Å².